The average Bonchev–Trinajstić information content (AvgIpc) is 3.71. The number of alkyl halides is 1. The number of fused-ring (bicyclic) bond motifs is 3. The molecular formula is C47H58F3N5O3Si. The fourth-order valence-electron chi connectivity index (χ4n) is 10.7. The molecule has 0 bridgehead atoms. The zero-order chi connectivity index (χ0) is 42.4. The highest BCUT2D eigenvalue weighted by atomic mass is 28.3. The maximum Gasteiger partial charge on any atom is 0.234 e. The number of rotatable bonds is 11. The van der Waals surface area contributed by atoms with E-state index in [-0.39, 0.29) is 53.6 Å². The molecule has 59 heavy (non-hydrogen) atoms. The van der Waals surface area contributed by atoms with Crippen molar-refractivity contribution < 1.29 is 27.4 Å². The smallest absolute Gasteiger partial charge is 0.234 e. The van der Waals surface area contributed by atoms with Gasteiger partial charge in [-0.15, -0.1) is 5.54 Å². The Bertz CT molecular complexity index is 2310. The molecule has 0 unspecified atom stereocenters. The molecule has 4 atom stereocenters. The molecule has 4 aromatic rings. The monoisotopic (exact) mass is 825 g/mol. The van der Waals surface area contributed by atoms with Crippen molar-refractivity contribution in [2.45, 2.75) is 115 Å². The maximum absolute atomic E-state index is 17.8. The number of piperazine rings is 1. The van der Waals surface area contributed by atoms with Crippen molar-refractivity contribution >= 4 is 35.4 Å². The number of nitrogens with zero attached hydrogens (tertiary/aromatic N) is 4. The number of ether oxygens (including phenoxy) is 3. The largest absolute Gasteiger partial charge is 0.475 e. The highest BCUT2D eigenvalue weighted by molar-refractivity contribution is 6.90. The molecule has 0 aliphatic carbocycles. The van der Waals surface area contributed by atoms with Gasteiger partial charge in [0.25, 0.3) is 0 Å². The SMILES string of the molecule is COCOc1cc(-c2ccc3c(N4C[C@H](C)N[C@@H](C)C4)c(C#N)c(OC[C@@]45CCCN4C[C@H](F)C5)nc3c2F)c2c(C#C[Si](C(C)C)(C(C)C)C(C)C)c(F)ccc2c1. The van der Waals surface area contributed by atoms with Crippen molar-refractivity contribution in [3.8, 4) is 40.3 Å². The van der Waals surface area contributed by atoms with Crippen LogP contribution in [-0.4, -0.2) is 88.4 Å². The zero-order valence-corrected chi connectivity index (χ0v) is 36.9. The summed E-state index contributed by atoms with van der Waals surface area (Å²) in [5.41, 5.74) is 5.69. The number of anilines is 1. The molecule has 12 heteroatoms. The summed E-state index contributed by atoms with van der Waals surface area (Å²) in [4.78, 5) is 9.07. The summed E-state index contributed by atoms with van der Waals surface area (Å²) in [6.07, 6.45) is 1.07. The number of pyridine rings is 1. The second-order valence-corrected chi connectivity index (χ2v) is 23.6. The van der Waals surface area contributed by atoms with E-state index >= 15 is 8.78 Å². The standard InChI is InChI=1S/C47H58F3N5O3Si/c1-28(2)59(29(3)4,30(5)6)18-15-37-41(49)14-11-33-19-35(58-27-56-9)20-39(42(33)37)36-12-13-38-44(43(36)50)53-46(57-26-47-16-10-17-55(47)25-34(48)21-47)40(22-51)45(38)54-23-31(7)52-32(8)24-54/h11-14,19-20,28-32,34,52H,10,16-17,21,23-27H2,1-9H3/t31-,32-,34+,47-/m0/s1. The summed E-state index contributed by atoms with van der Waals surface area (Å²) in [7, 11) is -0.777. The van der Waals surface area contributed by atoms with Gasteiger partial charge in [0, 0.05) is 61.6 Å². The molecule has 3 saturated heterocycles. The van der Waals surface area contributed by atoms with Gasteiger partial charge in [-0.2, -0.15) is 5.26 Å². The van der Waals surface area contributed by atoms with E-state index in [4.69, 9.17) is 19.2 Å². The van der Waals surface area contributed by atoms with Crippen molar-refractivity contribution in [3.63, 3.8) is 0 Å². The molecule has 3 aliphatic heterocycles. The quantitative estimate of drug-likeness (QED) is 0.0910. The fraction of sp³-hybridized carbons (Fsp3) is 0.532. The molecule has 314 valence electrons. The highest BCUT2D eigenvalue weighted by Crippen LogP contribution is 2.45. The Hall–Kier alpha value is -4.33. The zero-order valence-electron chi connectivity index (χ0n) is 35.9. The Labute approximate surface area is 348 Å². The van der Waals surface area contributed by atoms with Crippen molar-refractivity contribution in [2.75, 3.05) is 51.6 Å². The number of nitrogens with one attached hydrogen (secondary N) is 1. The summed E-state index contributed by atoms with van der Waals surface area (Å²) in [6.45, 7) is 19.8. The van der Waals surface area contributed by atoms with E-state index in [1.54, 1.807) is 30.3 Å². The van der Waals surface area contributed by atoms with Gasteiger partial charge in [0.15, 0.2) is 12.6 Å². The maximum atomic E-state index is 17.8. The summed E-state index contributed by atoms with van der Waals surface area (Å²) >= 11 is 0. The Morgan fingerprint density at radius 1 is 0.949 bits per heavy atom. The van der Waals surface area contributed by atoms with Crippen LogP contribution in [0, 0.1) is 34.4 Å². The molecule has 0 spiro atoms. The number of hydrogen-bond donors (Lipinski definition) is 1. The van der Waals surface area contributed by atoms with E-state index in [0.29, 0.717) is 75.8 Å². The summed E-state index contributed by atoms with van der Waals surface area (Å²) < 4.78 is 66.6. The third kappa shape index (κ3) is 7.78. The van der Waals surface area contributed by atoms with Crippen molar-refractivity contribution in [3.05, 3.63) is 59.2 Å². The summed E-state index contributed by atoms with van der Waals surface area (Å²) in [6, 6.07) is 12.6. The third-order valence-electron chi connectivity index (χ3n) is 13.2. The first kappa shape index (κ1) is 42.8. The topological polar surface area (TPSA) is 82.9 Å². The Morgan fingerprint density at radius 3 is 2.32 bits per heavy atom. The second-order valence-electron chi connectivity index (χ2n) is 18.0. The fourth-order valence-corrected chi connectivity index (χ4v) is 15.9. The molecule has 8 nitrogen and oxygen atoms in total. The van der Waals surface area contributed by atoms with Gasteiger partial charge in [-0.05, 0) is 85.1 Å². The van der Waals surface area contributed by atoms with Crippen LogP contribution in [0.2, 0.25) is 16.6 Å². The van der Waals surface area contributed by atoms with E-state index in [9.17, 15) is 9.65 Å². The van der Waals surface area contributed by atoms with Crippen molar-refractivity contribution in [2.24, 2.45) is 0 Å². The van der Waals surface area contributed by atoms with Gasteiger partial charge in [0.05, 0.1) is 16.8 Å². The number of nitriles is 1. The van der Waals surface area contributed by atoms with Gasteiger partial charge in [0.1, 0.15) is 49.6 Å². The minimum Gasteiger partial charge on any atom is -0.475 e. The van der Waals surface area contributed by atoms with Gasteiger partial charge in [0.2, 0.25) is 5.88 Å². The molecule has 1 aromatic heterocycles. The number of benzene rings is 3. The van der Waals surface area contributed by atoms with E-state index in [1.165, 1.54) is 13.2 Å². The lowest BCUT2D eigenvalue weighted by Crippen LogP contribution is -2.54. The number of hydrogen-bond acceptors (Lipinski definition) is 8. The number of halogens is 3. The van der Waals surface area contributed by atoms with Crippen LogP contribution in [-0.2, 0) is 4.74 Å². The van der Waals surface area contributed by atoms with E-state index < -0.39 is 31.4 Å². The molecule has 0 saturated carbocycles. The minimum absolute atomic E-state index is 0.0189. The normalized spacial score (nSPS) is 22.3. The first-order valence-electron chi connectivity index (χ1n) is 21.1. The lowest BCUT2D eigenvalue weighted by molar-refractivity contribution is 0.0512. The van der Waals surface area contributed by atoms with Crippen LogP contribution in [0.4, 0.5) is 18.9 Å². The molecule has 3 fully saturated rings. The van der Waals surface area contributed by atoms with E-state index in [1.807, 2.05) is 0 Å². The molecule has 7 rings (SSSR count). The van der Waals surface area contributed by atoms with Crippen LogP contribution in [0.5, 0.6) is 11.6 Å². The first-order chi connectivity index (χ1) is 28.1. The Balaban J connectivity index is 1.48. The van der Waals surface area contributed by atoms with Crippen LogP contribution in [0.1, 0.15) is 85.8 Å². The Morgan fingerprint density at radius 2 is 1.66 bits per heavy atom. The van der Waals surface area contributed by atoms with E-state index in [2.05, 4.69) is 88.0 Å². The van der Waals surface area contributed by atoms with Gasteiger partial charge in [-0.1, -0.05) is 59.6 Å². The van der Waals surface area contributed by atoms with Gasteiger partial charge < -0.3 is 24.4 Å². The average molecular weight is 826 g/mol. The highest BCUT2D eigenvalue weighted by Gasteiger charge is 2.49. The summed E-state index contributed by atoms with van der Waals surface area (Å²) in [5.74, 6) is 2.65. The lowest BCUT2D eigenvalue weighted by atomic mass is 9.92. The predicted octanol–water partition coefficient (Wildman–Crippen LogP) is 9.90. The van der Waals surface area contributed by atoms with Crippen LogP contribution < -0.4 is 19.7 Å². The molecule has 0 radical (unpaired) electrons. The molecular weight excluding hydrogens is 768 g/mol. The summed E-state index contributed by atoms with van der Waals surface area (Å²) in [5, 5.41) is 15.9. The molecule has 1 N–H and O–H groups in total. The van der Waals surface area contributed by atoms with Crippen LogP contribution in [0.3, 0.4) is 0 Å². The van der Waals surface area contributed by atoms with Crippen LogP contribution in [0.25, 0.3) is 32.8 Å². The van der Waals surface area contributed by atoms with E-state index in [0.717, 1.165) is 19.4 Å². The number of aromatic nitrogens is 1. The molecule has 3 aromatic carbocycles. The minimum atomic E-state index is -2.30. The molecule has 0 amide bonds. The van der Waals surface area contributed by atoms with Crippen LogP contribution >= 0.6 is 0 Å². The molecule has 3 aliphatic rings. The predicted molar refractivity (Wildman–Crippen MR) is 233 cm³/mol. The number of methoxy groups -OCH3 is 1. The third-order valence-corrected chi connectivity index (χ3v) is 19.5. The van der Waals surface area contributed by atoms with Gasteiger partial charge in [-0.3, -0.25) is 4.90 Å². The van der Waals surface area contributed by atoms with Crippen molar-refractivity contribution in [1.82, 2.24) is 15.2 Å². The Kier molecular flexibility index (Phi) is 12.3. The lowest BCUT2D eigenvalue weighted by Gasteiger charge is -2.38. The first-order valence-corrected chi connectivity index (χ1v) is 23.4. The van der Waals surface area contributed by atoms with Gasteiger partial charge in [-0.25, -0.2) is 18.2 Å². The van der Waals surface area contributed by atoms with Gasteiger partial charge >= 0.3 is 0 Å². The molecule has 4 heterocycles. The van der Waals surface area contributed by atoms with Crippen LogP contribution in [0.15, 0.2) is 36.4 Å². The van der Waals surface area contributed by atoms with Crippen molar-refractivity contribution in [1.29, 1.82) is 5.26 Å². The second kappa shape index (κ2) is 17.0.